The fourth-order valence-corrected chi connectivity index (χ4v) is 3.51. The first-order chi connectivity index (χ1) is 9.88. The highest BCUT2D eigenvalue weighted by molar-refractivity contribution is 8.00. The standard InChI is InChI=1S/C12H13N3O4S2/c1-14-8(4-9(16)15(2)12(14)19)6-21-11-13-7(5-20-11)3-10(17)18/h4-5H,3,6H2,1-2H3,(H,17,18). The van der Waals surface area contributed by atoms with Crippen LogP contribution >= 0.6 is 23.1 Å². The predicted octanol–water partition coefficient (Wildman–Crippen LogP) is 0.460. The molecule has 0 amide bonds. The summed E-state index contributed by atoms with van der Waals surface area (Å²) in [6.07, 6.45) is -0.110. The second-order valence-electron chi connectivity index (χ2n) is 4.34. The highest BCUT2D eigenvalue weighted by Gasteiger charge is 2.09. The van der Waals surface area contributed by atoms with E-state index in [1.54, 1.807) is 12.4 Å². The largest absolute Gasteiger partial charge is 0.481 e. The molecule has 0 atom stereocenters. The molecular weight excluding hydrogens is 314 g/mol. The molecule has 112 valence electrons. The molecule has 0 fully saturated rings. The number of carbonyl (C=O) groups is 1. The molecule has 7 nitrogen and oxygen atoms in total. The summed E-state index contributed by atoms with van der Waals surface area (Å²) in [6, 6.07) is 1.42. The van der Waals surface area contributed by atoms with Gasteiger partial charge in [-0.25, -0.2) is 9.78 Å². The Morgan fingerprint density at radius 1 is 1.38 bits per heavy atom. The van der Waals surface area contributed by atoms with Gasteiger partial charge in [-0.05, 0) is 0 Å². The molecule has 2 aromatic heterocycles. The fourth-order valence-electron chi connectivity index (χ4n) is 1.64. The number of hydrogen-bond donors (Lipinski definition) is 1. The maximum Gasteiger partial charge on any atom is 0.330 e. The fraction of sp³-hybridized carbons (Fsp3) is 0.333. The molecule has 0 aliphatic heterocycles. The number of aromatic nitrogens is 3. The van der Waals surface area contributed by atoms with Gasteiger partial charge >= 0.3 is 11.7 Å². The van der Waals surface area contributed by atoms with Crippen LogP contribution in [0.3, 0.4) is 0 Å². The van der Waals surface area contributed by atoms with Crippen LogP contribution in [-0.4, -0.2) is 25.2 Å². The van der Waals surface area contributed by atoms with E-state index in [4.69, 9.17) is 5.11 Å². The Morgan fingerprint density at radius 3 is 2.76 bits per heavy atom. The highest BCUT2D eigenvalue weighted by Crippen LogP contribution is 2.25. The topological polar surface area (TPSA) is 94.2 Å². The van der Waals surface area contributed by atoms with Crippen molar-refractivity contribution in [2.24, 2.45) is 14.1 Å². The molecule has 0 unspecified atom stereocenters. The lowest BCUT2D eigenvalue weighted by Crippen LogP contribution is -2.37. The zero-order valence-electron chi connectivity index (χ0n) is 11.4. The molecule has 2 aromatic rings. The van der Waals surface area contributed by atoms with Gasteiger partial charge in [0.1, 0.15) is 0 Å². The molecule has 0 bridgehead atoms. The third-order valence-corrected chi connectivity index (χ3v) is 4.94. The van der Waals surface area contributed by atoms with Crippen molar-refractivity contribution in [3.63, 3.8) is 0 Å². The molecule has 9 heteroatoms. The van der Waals surface area contributed by atoms with Crippen molar-refractivity contribution >= 4 is 29.1 Å². The zero-order chi connectivity index (χ0) is 15.6. The van der Waals surface area contributed by atoms with Crippen molar-refractivity contribution in [3.05, 3.63) is 43.7 Å². The van der Waals surface area contributed by atoms with E-state index >= 15 is 0 Å². The number of carboxylic acids is 1. The minimum atomic E-state index is -0.925. The summed E-state index contributed by atoms with van der Waals surface area (Å²) in [5, 5.41) is 10.4. The molecule has 0 saturated carbocycles. The second-order valence-corrected chi connectivity index (χ2v) is 6.42. The van der Waals surface area contributed by atoms with Gasteiger partial charge in [0.25, 0.3) is 5.56 Å². The maximum absolute atomic E-state index is 11.8. The zero-order valence-corrected chi connectivity index (χ0v) is 13.0. The maximum atomic E-state index is 11.8. The van der Waals surface area contributed by atoms with Gasteiger partial charge in [0, 0.05) is 37.0 Å². The summed E-state index contributed by atoms with van der Waals surface area (Å²) < 4.78 is 3.17. The summed E-state index contributed by atoms with van der Waals surface area (Å²) in [5.41, 5.74) is 0.388. The summed E-state index contributed by atoms with van der Waals surface area (Å²) in [6.45, 7) is 0. The smallest absolute Gasteiger partial charge is 0.330 e. The van der Waals surface area contributed by atoms with Crippen LogP contribution in [0, 0.1) is 0 Å². The molecule has 2 heterocycles. The van der Waals surface area contributed by atoms with Crippen LogP contribution in [0.2, 0.25) is 0 Å². The van der Waals surface area contributed by atoms with Gasteiger partial charge < -0.3 is 5.11 Å². The Morgan fingerprint density at radius 2 is 2.10 bits per heavy atom. The van der Waals surface area contributed by atoms with Crippen molar-refractivity contribution in [2.45, 2.75) is 16.5 Å². The lowest BCUT2D eigenvalue weighted by molar-refractivity contribution is -0.136. The average Bonchev–Trinajstić information content (AvgIpc) is 2.85. The number of nitrogens with zero attached hydrogens (tertiary/aromatic N) is 3. The Labute approximate surface area is 127 Å². The van der Waals surface area contributed by atoms with Crippen molar-refractivity contribution < 1.29 is 9.90 Å². The molecule has 0 saturated heterocycles. The number of hydrogen-bond acceptors (Lipinski definition) is 6. The normalized spacial score (nSPS) is 10.8. The average molecular weight is 327 g/mol. The van der Waals surface area contributed by atoms with Crippen LogP contribution in [0.25, 0.3) is 0 Å². The van der Waals surface area contributed by atoms with Crippen LogP contribution in [0.4, 0.5) is 0 Å². The first-order valence-corrected chi connectivity index (χ1v) is 7.80. The number of rotatable bonds is 5. The SMILES string of the molecule is Cn1c(CSc2nc(CC(=O)O)cs2)cc(=O)n(C)c1=O. The molecule has 0 aromatic carbocycles. The van der Waals surface area contributed by atoms with E-state index < -0.39 is 5.97 Å². The third-order valence-electron chi connectivity index (χ3n) is 2.83. The lowest BCUT2D eigenvalue weighted by Gasteiger charge is -2.07. The lowest BCUT2D eigenvalue weighted by atomic mass is 10.3. The van der Waals surface area contributed by atoms with E-state index in [1.807, 2.05) is 0 Å². The summed E-state index contributed by atoms with van der Waals surface area (Å²) in [5.74, 6) is -0.507. The Kier molecular flexibility index (Phi) is 4.63. The summed E-state index contributed by atoms with van der Waals surface area (Å²) in [4.78, 5) is 38.2. The van der Waals surface area contributed by atoms with Gasteiger partial charge in [-0.1, -0.05) is 11.8 Å². The molecular formula is C12H13N3O4S2. The van der Waals surface area contributed by atoms with Crippen molar-refractivity contribution in [1.29, 1.82) is 0 Å². The van der Waals surface area contributed by atoms with Gasteiger partial charge in [-0.2, -0.15) is 0 Å². The summed E-state index contributed by atoms with van der Waals surface area (Å²) >= 11 is 2.71. The predicted molar refractivity (Wildman–Crippen MR) is 79.9 cm³/mol. The number of aliphatic carboxylic acids is 1. The first kappa shape index (κ1) is 15.5. The molecule has 0 radical (unpaired) electrons. The van der Waals surface area contributed by atoms with Gasteiger partial charge in [0.2, 0.25) is 0 Å². The minimum absolute atomic E-state index is 0.110. The van der Waals surface area contributed by atoms with E-state index in [0.717, 1.165) is 4.57 Å². The van der Waals surface area contributed by atoms with Gasteiger partial charge in [0.15, 0.2) is 4.34 Å². The molecule has 21 heavy (non-hydrogen) atoms. The number of carboxylic acid groups (broad SMARTS) is 1. The van der Waals surface area contributed by atoms with E-state index in [1.165, 1.54) is 40.8 Å². The van der Waals surface area contributed by atoms with Gasteiger partial charge in [-0.3, -0.25) is 18.7 Å². The third kappa shape index (κ3) is 3.61. The van der Waals surface area contributed by atoms with Crippen molar-refractivity contribution in [3.8, 4) is 0 Å². The number of thioether (sulfide) groups is 1. The minimum Gasteiger partial charge on any atom is -0.481 e. The van der Waals surface area contributed by atoms with E-state index in [0.29, 0.717) is 21.5 Å². The molecule has 2 rings (SSSR count). The Bertz CT molecular complexity index is 791. The monoisotopic (exact) mass is 327 g/mol. The highest BCUT2D eigenvalue weighted by atomic mass is 32.2. The first-order valence-electron chi connectivity index (χ1n) is 5.93. The van der Waals surface area contributed by atoms with Crippen LogP contribution in [0.5, 0.6) is 0 Å². The van der Waals surface area contributed by atoms with Crippen LogP contribution in [0.15, 0.2) is 25.4 Å². The Hall–Kier alpha value is -1.87. The number of thiazole rings is 1. The van der Waals surface area contributed by atoms with Gasteiger partial charge in [0.05, 0.1) is 12.1 Å². The van der Waals surface area contributed by atoms with E-state index in [2.05, 4.69) is 4.98 Å². The second kappa shape index (κ2) is 6.27. The molecule has 0 aliphatic rings. The molecule has 0 aliphatic carbocycles. The van der Waals surface area contributed by atoms with Crippen LogP contribution < -0.4 is 11.2 Å². The van der Waals surface area contributed by atoms with E-state index in [9.17, 15) is 14.4 Å². The van der Waals surface area contributed by atoms with Crippen LogP contribution in [0.1, 0.15) is 11.4 Å². The summed E-state index contributed by atoms with van der Waals surface area (Å²) in [7, 11) is 3.04. The quantitative estimate of drug-likeness (QED) is 0.802. The van der Waals surface area contributed by atoms with E-state index in [-0.39, 0.29) is 17.7 Å². The van der Waals surface area contributed by atoms with Crippen molar-refractivity contribution in [1.82, 2.24) is 14.1 Å². The molecule has 1 N–H and O–H groups in total. The van der Waals surface area contributed by atoms with Crippen molar-refractivity contribution in [2.75, 3.05) is 0 Å². The van der Waals surface area contributed by atoms with Crippen LogP contribution in [-0.2, 0) is 31.1 Å². The molecule has 0 spiro atoms. The Balaban J connectivity index is 2.13. The van der Waals surface area contributed by atoms with Gasteiger partial charge in [-0.15, -0.1) is 11.3 Å².